The predicted molar refractivity (Wildman–Crippen MR) is 128 cm³/mol. The zero-order valence-corrected chi connectivity index (χ0v) is 21.4. The summed E-state index contributed by atoms with van der Waals surface area (Å²) >= 11 is 0. The van der Waals surface area contributed by atoms with E-state index in [0.717, 1.165) is 10.6 Å². The van der Waals surface area contributed by atoms with Crippen molar-refractivity contribution in [2.24, 2.45) is 18.9 Å². The van der Waals surface area contributed by atoms with Crippen molar-refractivity contribution in [3.05, 3.63) is 53.3 Å². The van der Waals surface area contributed by atoms with Crippen LogP contribution in [0, 0.1) is 11.8 Å². The smallest absolute Gasteiger partial charge is 0.353 e. The standard InChI is InChI=1S/C25H32F6N4O2/c1-16(2)12-34(14-21-7-6-8-33(21)5)22(36)15-35(13-17(3)4)23(37)32-20-10-18(24(26,27)28)9-19(11-20)25(29,30)31/h6-11,16-17H,12-15H2,1-5H3,(H,32,37). The fourth-order valence-corrected chi connectivity index (χ4v) is 3.70. The van der Waals surface area contributed by atoms with Gasteiger partial charge in [-0.1, -0.05) is 27.7 Å². The summed E-state index contributed by atoms with van der Waals surface area (Å²) in [5, 5.41) is 2.12. The Hall–Kier alpha value is -3.18. The summed E-state index contributed by atoms with van der Waals surface area (Å²) < 4.78 is 81.1. The van der Waals surface area contributed by atoms with Crippen LogP contribution >= 0.6 is 0 Å². The summed E-state index contributed by atoms with van der Waals surface area (Å²) in [6.45, 7) is 7.73. The zero-order chi connectivity index (χ0) is 28.1. The molecule has 0 saturated heterocycles. The number of hydrogen-bond donors (Lipinski definition) is 1. The highest BCUT2D eigenvalue weighted by Gasteiger charge is 2.37. The van der Waals surface area contributed by atoms with E-state index in [9.17, 15) is 35.9 Å². The normalized spacial score (nSPS) is 12.2. The number of halogens is 6. The highest BCUT2D eigenvalue weighted by Crippen LogP contribution is 2.37. The first-order valence-electron chi connectivity index (χ1n) is 11.7. The van der Waals surface area contributed by atoms with Crippen molar-refractivity contribution in [2.75, 3.05) is 25.0 Å². The average Bonchev–Trinajstić information content (AvgIpc) is 3.15. The summed E-state index contributed by atoms with van der Waals surface area (Å²) in [6, 6.07) is 3.56. The summed E-state index contributed by atoms with van der Waals surface area (Å²) in [5.41, 5.74) is -2.90. The van der Waals surface area contributed by atoms with Gasteiger partial charge in [0.25, 0.3) is 0 Å². The lowest BCUT2D eigenvalue weighted by Crippen LogP contribution is -2.46. The van der Waals surface area contributed by atoms with Gasteiger partial charge in [-0.25, -0.2) is 4.79 Å². The molecule has 0 unspecified atom stereocenters. The molecule has 6 nitrogen and oxygen atoms in total. The Morgan fingerprint density at radius 3 is 1.84 bits per heavy atom. The first-order valence-corrected chi connectivity index (χ1v) is 11.7. The Labute approximate surface area is 212 Å². The van der Waals surface area contributed by atoms with Gasteiger partial charge in [0.1, 0.15) is 6.54 Å². The molecule has 1 N–H and O–H groups in total. The van der Waals surface area contributed by atoms with Gasteiger partial charge in [0, 0.05) is 37.7 Å². The number of hydrogen-bond acceptors (Lipinski definition) is 2. The quantitative estimate of drug-likeness (QED) is 0.388. The third kappa shape index (κ3) is 9.01. The molecule has 3 amide bonds. The van der Waals surface area contributed by atoms with Crippen molar-refractivity contribution in [1.29, 1.82) is 0 Å². The second-order valence-electron chi connectivity index (χ2n) is 9.78. The minimum absolute atomic E-state index is 0.0154. The molecular weight excluding hydrogens is 502 g/mol. The van der Waals surface area contributed by atoms with Crippen LogP contribution in [0.1, 0.15) is 44.5 Å². The van der Waals surface area contributed by atoms with Crippen molar-refractivity contribution < 1.29 is 35.9 Å². The SMILES string of the molecule is CC(C)CN(Cc1cccn1C)C(=O)CN(CC(C)C)C(=O)Nc1cc(C(F)(F)F)cc(C(F)(F)F)c1. The minimum atomic E-state index is -5.05. The van der Waals surface area contributed by atoms with Gasteiger partial charge >= 0.3 is 18.4 Å². The Morgan fingerprint density at radius 1 is 0.892 bits per heavy atom. The van der Waals surface area contributed by atoms with E-state index in [1.165, 1.54) is 0 Å². The molecule has 2 aromatic rings. The Bertz CT molecular complexity index is 1040. The highest BCUT2D eigenvalue weighted by molar-refractivity contribution is 5.92. The third-order valence-corrected chi connectivity index (χ3v) is 5.38. The average molecular weight is 535 g/mol. The maximum Gasteiger partial charge on any atom is 0.416 e. The molecule has 0 fully saturated rings. The first-order chi connectivity index (χ1) is 17.0. The van der Waals surface area contributed by atoms with E-state index < -0.39 is 47.6 Å². The largest absolute Gasteiger partial charge is 0.416 e. The fourth-order valence-electron chi connectivity index (χ4n) is 3.70. The fraction of sp³-hybridized carbons (Fsp3) is 0.520. The number of rotatable bonds is 9. The van der Waals surface area contributed by atoms with Crippen LogP contribution in [0.5, 0.6) is 0 Å². The molecule has 0 bridgehead atoms. The van der Waals surface area contributed by atoms with Crippen LogP contribution in [-0.2, 0) is 30.7 Å². The van der Waals surface area contributed by atoms with E-state index in [4.69, 9.17) is 0 Å². The molecule has 1 aromatic carbocycles. The van der Waals surface area contributed by atoms with Gasteiger partial charge in [0.05, 0.1) is 17.7 Å². The number of amides is 3. The lowest BCUT2D eigenvalue weighted by Gasteiger charge is -2.30. The lowest BCUT2D eigenvalue weighted by molar-refractivity contribution is -0.143. The molecular formula is C25H32F6N4O2. The molecule has 0 aliphatic heterocycles. The van der Waals surface area contributed by atoms with Gasteiger partial charge in [0.15, 0.2) is 0 Å². The van der Waals surface area contributed by atoms with E-state index >= 15 is 0 Å². The van der Waals surface area contributed by atoms with Crippen LogP contribution in [0.15, 0.2) is 36.5 Å². The number of urea groups is 1. The maximum absolute atomic E-state index is 13.2. The van der Waals surface area contributed by atoms with Gasteiger partial charge in [-0.15, -0.1) is 0 Å². The molecule has 1 aromatic heterocycles. The second kappa shape index (κ2) is 11.9. The second-order valence-corrected chi connectivity index (χ2v) is 9.78. The zero-order valence-electron chi connectivity index (χ0n) is 21.4. The molecule has 0 aliphatic rings. The Kier molecular flexibility index (Phi) is 9.67. The number of aryl methyl sites for hydroxylation is 1. The van der Waals surface area contributed by atoms with Crippen LogP contribution in [-0.4, -0.2) is 45.9 Å². The van der Waals surface area contributed by atoms with Crippen LogP contribution < -0.4 is 5.32 Å². The van der Waals surface area contributed by atoms with Crippen LogP contribution in [0.25, 0.3) is 0 Å². The van der Waals surface area contributed by atoms with Crippen LogP contribution in [0.4, 0.5) is 36.8 Å². The minimum Gasteiger partial charge on any atom is -0.353 e. The van der Waals surface area contributed by atoms with E-state index in [0.29, 0.717) is 18.7 Å². The summed E-state index contributed by atoms with van der Waals surface area (Å²) in [6.07, 6.45) is -8.28. The molecule has 0 radical (unpaired) electrons. The number of benzene rings is 1. The van der Waals surface area contributed by atoms with Crippen molar-refractivity contribution >= 4 is 17.6 Å². The monoisotopic (exact) mass is 534 g/mol. The molecule has 37 heavy (non-hydrogen) atoms. The molecule has 206 valence electrons. The molecule has 0 atom stereocenters. The third-order valence-electron chi connectivity index (χ3n) is 5.38. The Balaban J connectivity index is 2.31. The topological polar surface area (TPSA) is 57.6 Å². The number of nitrogens with one attached hydrogen (secondary N) is 1. The van der Waals surface area contributed by atoms with Crippen molar-refractivity contribution in [3.8, 4) is 0 Å². The summed E-state index contributed by atoms with van der Waals surface area (Å²) in [5.74, 6) is -0.412. The number of carbonyl (C=O) groups excluding carboxylic acids is 2. The van der Waals surface area contributed by atoms with Crippen LogP contribution in [0.3, 0.4) is 0 Å². The van der Waals surface area contributed by atoms with E-state index in [-0.39, 0.29) is 31.0 Å². The van der Waals surface area contributed by atoms with E-state index in [1.807, 2.05) is 43.8 Å². The van der Waals surface area contributed by atoms with Crippen molar-refractivity contribution in [3.63, 3.8) is 0 Å². The first kappa shape index (κ1) is 30.0. The summed E-state index contributed by atoms with van der Waals surface area (Å²) in [7, 11) is 1.83. The number of nitrogens with zero attached hydrogens (tertiary/aromatic N) is 3. The van der Waals surface area contributed by atoms with Crippen LogP contribution in [0.2, 0.25) is 0 Å². The molecule has 0 saturated carbocycles. The molecule has 12 heteroatoms. The van der Waals surface area contributed by atoms with E-state index in [1.54, 1.807) is 18.7 Å². The van der Waals surface area contributed by atoms with Gasteiger partial charge < -0.3 is 19.7 Å². The highest BCUT2D eigenvalue weighted by atomic mass is 19.4. The number of carbonyl (C=O) groups is 2. The number of alkyl halides is 6. The maximum atomic E-state index is 13.2. The molecule has 2 rings (SSSR count). The molecule has 0 spiro atoms. The molecule has 0 aliphatic carbocycles. The Morgan fingerprint density at radius 2 is 1.41 bits per heavy atom. The van der Waals surface area contributed by atoms with Gasteiger partial charge in [0.2, 0.25) is 5.91 Å². The predicted octanol–water partition coefficient (Wildman–Crippen LogP) is 6.24. The lowest BCUT2D eigenvalue weighted by atomic mass is 10.1. The van der Waals surface area contributed by atoms with Gasteiger partial charge in [-0.3, -0.25) is 4.79 Å². The van der Waals surface area contributed by atoms with Crippen molar-refractivity contribution in [2.45, 2.75) is 46.6 Å². The van der Waals surface area contributed by atoms with Crippen molar-refractivity contribution in [1.82, 2.24) is 14.4 Å². The number of anilines is 1. The van der Waals surface area contributed by atoms with Gasteiger partial charge in [-0.05, 0) is 42.2 Å². The number of aromatic nitrogens is 1. The summed E-state index contributed by atoms with van der Waals surface area (Å²) in [4.78, 5) is 28.9. The van der Waals surface area contributed by atoms with E-state index in [2.05, 4.69) is 5.32 Å². The van der Waals surface area contributed by atoms with Gasteiger partial charge in [-0.2, -0.15) is 26.3 Å². The molecule has 1 heterocycles.